The molecule has 1 fully saturated rings. The van der Waals surface area contributed by atoms with Gasteiger partial charge in [-0.25, -0.2) is 0 Å². The van der Waals surface area contributed by atoms with E-state index in [1.165, 1.54) is 22.3 Å². The number of hydrogen-bond acceptors (Lipinski definition) is 1. The van der Waals surface area contributed by atoms with Crippen molar-refractivity contribution in [2.75, 3.05) is 5.32 Å². The number of allylic oxidation sites excluding steroid dienone is 2. The molecular weight excluding hydrogens is 282 g/mol. The van der Waals surface area contributed by atoms with Gasteiger partial charge in [0.1, 0.15) is 0 Å². The van der Waals surface area contributed by atoms with E-state index in [1.54, 1.807) is 0 Å². The molecule has 2 heteroatoms. The first-order valence-corrected chi connectivity index (χ1v) is 8.48. The van der Waals surface area contributed by atoms with Gasteiger partial charge < -0.3 is 5.32 Å². The Bertz CT molecular complexity index is 835. The van der Waals surface area contributed by atoms with Crippen molar-refractivity contribution in [2.45, 2.75) is 19.3 Å². The number of anilines is 1. The van der Waals surface area contributed by atoms with Crippen molar-refractivity contribution in [1.82, 2.24) is 0 Å². The molecule has 0 saturated heterocycles. The predicted molar refractivity (Wildman–Crippen MR) is 92.2 cm³/mol. The van der Waals surface area contributed by atoms with Crippen molar-refractivity contribution < 1.29 is 4.79 Å². The number of rotatable bonds is 2. The minimum absolute atomic E-state index is 0.158. The van der Waals surface area contributed by atoms with Crippen molar-refractivity contribution >= 4 is 11.6 Å². The molecule has 2 bridgehead atoms. The normalized spacial score (nSPS) is 26.2. The van der Waals surface area contributed by atoms with Gasteiger partial charge in [0.15, 0.2) is 0 Å². The highest BCUT2D eigenvalue weighted by atomic mass is 16.1. The zero-order valence-electron chi connectivity index (χ0n) is 13.0. The standard InChI is InChI=1S/C21H19NO/c23-21(20-10-13-5-6-15(20)9-13)22-17-8-7-16-11-14-3-1-2-4-18(14)19(16)12-17/h1-8,12-13,15,20H,9-11H2,(H,22,23)/t13-,15-,20-/m0/s1. The number of nitrogens with one attached hydrogen (secondary N) is 1. The average molecular weight is 301 g/mol. The largest absolute Gasteiger partial charge is 0.326 e. The highest BCUT2D eigenvalue weighted by Crippen LogP contribution is 2.44. The van der Waals surface area contributed by atoms with Crippen molar-refractivity contribution in [3.8, 4) is 11.1 Å². The molecule has 0 unspecified atom stereocenters. The van der Waals surface area contributed by atoms with Crippen LogP contribution in [0.25, 0.3) is 11.1 Å². The fraction of sp³-hybridized carbons (Fsp3) is 0.286. The second kappa shape index (κ2) is 4.82. The van der Waals surface area contributed by atoms with Crippen molar-refractivity contribution in [2.24, 2.45) is 17.8 Å². The molecule has 1 N–H and O–H groups in total. The van der Waals surface area contributed by atoms with Gasteiger partial charge in [-0.3, -0.25) is 4.79 Å². The Labute approximate surface area is 136 Å². The van der Waals surface area contributed by atoms with Crippen LogP contribution in [0.4, 0.5) is 5.69 Å². The summed E-state index contributed by atoms with van der Waals surface area (Å²) in [5.74, 6) is 1.43. The van der Waals surface area contributed by atoms with E-state index in [2.05, 4.69) is 53.9 Å². The van der Waals surface area contributed by atoms with E-state index >= 15 is 0 Å². The average Bonchev–Trinajstić information content (AvgIpc) is 3.28. The van der Waals surface area contributed by atoms with Gasteiger partial charge in [0.05, 0.1) is 0 Å². The zero-order valence-corrected chi connectivity index (χ0v) is 13.0. The van der Waals surface area contributed by atoms with Crippen LogP contribution < -0.4 is 5.32 Å². The van der Waals surface area contributed by atoms with E-state index < -0.39 is 0 Å². The number of hydrogen-bond donors (Lipinski definition) is 1. The summed E-state index contributed by atoms with van der Waals surface area (Å²) in [7, 11) is 0. The van der Waals surface area contributed by atoms with Crippen LogP contribution in [0.15, 0.2) is 54.6 Å². The zero-order chi connectivity index (χ0) is 15.4. The van der Waals surface area contributed by atoms with Crippen molar-refractivity contribution in [1.29, 1.82) is 0 Å². The van der Waals surface area contributed by atoms with Crippen LogP contribution in [0.2, 0.25) is 0 Å². The highest BCUT2D eigenvalue weighted by molar-refractivity contribution is 5.94. The van der Waals surface area contributed by atoms with Gasteiger partial charge in [0.2, 0.25) is 5.91 Å². The van der Waals surface area contributed by atoms with E-state index in [4.69, 9.17) is 0 Å². The lowest BCUT2D eigenvalue weighted by Gasteiger charge is -2.18. The molecule has 23 heavy (non-hydrogen) atoms. The SMILES string of the molecule is O=C(Nc1ccc2c(c1)-c1ccccc1C2)[C@H]1C[C@H]2C=C[C@H]1C2. The first-order chi connectivity index (χ1) is 11.3. The molecule has 0 aliphatic heterocycles. The van der Waals surface area contributed by atoms with Gasteiger partial charge in [-0.2, -0.15) is 0 Å². The molecule has 3 atom stereocenters. The van der Waals surface area contributed by atoms with Crippen LogP contribution in [0.5, 0.6) is 0 Å². The smallest absolute Gasteiger partial charge is 0.228 e. The van der Waals surface area contributed by atoms with Gasteiger partial charge in [-0.15, -0.1) is 0 Å². The second-order valence-corrected chi connectivity index (χ2v) is 7.08. The fourth-order valence-corrected chi connectivity index (χ4v) is 4.52. The summed E-state index contributed by atoms with van der Waals surface area (Å²) in [5, 5.41) is 3.16. The molecule has 3 aliphatic rings. The second-order valence-electron chi connectivity index (χ2n) is 7.08. The lowest BCUT2D eigenvalue weighted by molar-refractivity contribution is -0.120. The summed E-state index contributed by atoms with van der Waals surface area (Å²) >= 11 is 0. The molecular formula is C21H19NO. The maximum Gasteiger partial charge on any atom is 0.228 e. The molecule has 1 amide bonds. The van der Waals surface area contributed by atoms with Crippen LogP contribution in [0, 0.1) is 17.8 Å². The molecule has 2 aromatic carbocycles. The molecule has 0 heterocycles. The van der Waals surface area contributed by atoms with Gasteiger partial charge in [0.25, 0.3) is 0 Å². The number of fused-ring (bicyclic) bond motifs is 5. The number of carbonyl (C=O) groups is 1. The topological polar surface area (TPSA) is 29.1 Å². The molecule has 2 aromatic rings. The van der Waals surface area contributed by atoms with Crippen molar-refractivity contribution in [3.05, 3.63) is 65.7 Å². The quantitative estimate of drug-likeness (QED) is 0.698. The lowest BCUT2D eigenvalue weighted by atomic mass is 9.92. The Morgan fingerprint density at radius 3 is 2.65 bits per heavy atom. The van der Waals surface area contributed by atoms with Gasteiger partial charge >= 0.3 is 0 Å². The van der Waals surface area contributed by atoms with E-state index in [9.17, 15) is 4.79 Å². The summed E-state index contributed by atoms with van der Waals surface area (Å²) < 4.78 is 0. The highest BCUT2D eigenvalue weighted by Gasteiger charge is 2.39. The summed E-state index contributed by atoms with van der Waals surface area (Å²) in [5.41, 5.74) is 6.24. The third-order valence-corrected chi connectivity index (χ3v) is 5.68. The van der Waals surface area contributed by atoms with Crippen LogP contribution in [-0.2, 0) is 11.2 Å². The first-order valence-electron chi connectivity index (χ1n) is 8.48. The molecule has 0 spiro atoms. The van der Waals surface area contributed by atoms with E-state index in [0.717, 1.165) is 24.9 Å². The maximum absolute atomic E-state index is 12.6. The lowest BCUT2D eigenvalue weighted by Crippen LogP contribution is -2.25. The van der Waals surface area contributed by atoms with Crippen LogP contribution in [0.3, 0.4) is 0 Å². The molecule has 0 aromatic heterocycles. The van der Waals surface area contributed by atoms with Crippen molar-refractivity contribution in [3.63, 3.8) is 0 Å². The molecule has 0 radical (unpaired) electrons. The summed E-state index contributed by atoms with van der Waals surface area (Å²) in [6, 6.07) is 14.9. The third kappa shape index (κ3) is 2.05. The van der Waals surface area contributed by atoms with Crippen LogP contribution in [-0.4, -0.2) is 5.91 Å². The summed E-state index contributed by atoms with van der Waals surface area (Å²) in [6.07, 6.45) is 7.69. The monoisotopic (exact) mass is 301 g/mol. The van der Waals surface area contributed by atoms with E-state index in [-0.39, 0.29) is 11.8 Å². The Hall–Kier alpha value is -2.35. The molecule has 2 nitrogen and oxygen atoms in total. The predicted octanol–water partition coefficient (Wildman–Crippen LogP) is 4.41. The first kappa shape index (κ1) is 13.1. The van der Waals surface area contributed by atoms with E-state index in [1.807, 2.05) is 6.07 Å². The van der Waals surface area contributed by atoms with Crippen LogP contribution >= 0.6 is 0 Å². The number of benzene rings is 2. The summed E-state index contributed by atoms with van der Waals surface area (Å²) in [6.45, 7) is 0. The molecule has 114 valence electrons. The Morgan fingerprint density at radius 2 is 1.83 bits per heavy atom. The third-order valence-electron chi connectivity index (χ3n) is 5.68. The molecule has 3 aliphatic carbocycles. The van der Waals surface area contributed by atoms with Gasteiger partial charge in [-0.1, -0.05) is 42.5 Å². The molecule has 1 saturated carbocycles. The minimum Gasteiger partial charge on any atom is -0.326 e. The number of carbonyl (C=O) groups excluding carboxylic acids is 1. The maximum atomic E-state index is 12.6. The summed E-state index contributed by atoms with van der Waals surface area (Å²) in [4.78, 5) is 12.6. The Kier molecular flexibility index (Phi) is 2.75. The van der Waals surface area contributed by atoms with Gasteiger partial charge in [0, 0.05) is 11.6 Å². The fourth-order valence-electron chi connectivity index (χ4n) is 4.52. The number of amides is 1. The Balaban J connectivity index is 1.41. The molecule has 5 rings (SSSR count). The Morgan fingerprint density at radius 1 is 0.957 bits per heavy atom. The van der Waals surface area contributed by atoms with Gasteiger partial charge in [-0.05, 0) is 65.5 Å². The minimum atomic E-state index is 0.158. The van der Waals surface area contributed by atoms with Crippen LogP contribution in [0.1, 0.15) is 24.0 Å². The van der Waals surface area contributed by atoms with E-state index in [0.29, 0.717) is 11.8 Å².